The summed E-state index contributed by atoms with van der Waals surface area (Å²) in [6, 6.07) is 0. The fraction of sp³-hybridized carbons (Fsp3) is 0.769. The quantitative estimate of drug-likeness (QED) is 0.770. The molecule has 2 heterocycles. The number of carbonyl (C=O) groups is 1. The summed E-state index contributed by atoms with van der Waals surface area (Å²) in [5, 5.41) is 3.99. The summed E-state index contributed by atoms with van der Waals surface area (Å²) < 4.78 is 10.0. The summed E-state index contributed by atoms with van der Waals surface area (Å²) in [5.74, 6) is 1.16. The number of nitrogens with zero attached hydrogens (tertiary/aromatic N) is 3. The number of hydrogen-bond acceptors (Lipinski definition) is 6. The predicted molar refractivity (Wildman–Crippen MR) is 68.4 cm³/mol. The predicted octanol–water partition coefficient (Wildman–Crippen LogP) is 1.36. The van der Waals surface area contributed by atoms with Crippen molar-refractivity contribution in [3.63, 3.8) is 0 Å². The molecule has 0 aliphatic carbocycles. The first-order valence-electron chi connectivity index (χ1n) is 6.53. The Morgan fingerprint density at radius 3 is 2.84 bits per heavy atom. The standard InChI is InChI=1S/C13H21N3O3/c1-13(2,3)12-14-10(15-19-12)8-16-6-5-9(7-16)11(17)18-4/h9H,5-8H2,1-4H3. The number of likely N-dealkylation sites (tertiary alicyclic amines) is 1. The summed E-state index contributed by atoms with van der Waals surface area (Å²) in [7, 11) is 1.43. The van der Waals surface area contributed by atoms with E-state index in [1.807, 2.05) is 20.8 Å². The highest BCUT2D eigenvalue weighted by Crippen LogP contribution is 2.22. The lowest BCUT2D eigenvalue weighted by Gasteiger charge is -2.13. The normalized spacial score (nSPS) is 20.7. The zero-order valence-electron chi connectivity index (χ0n) is 12.0. The van der Waals surface area contributed by atoms with Crippen LogP contribution in [0.15, 0.2) is 4.52 Å². The van der Waals surface area contributed by atoms with Crippen LogP contribution in [-0.4, -0.2) is 41.2 Å². The smallest absolute Gasteiger partial charge is 0.310 e. The first-order chi connectivity index (χ1) is 8.90. The molecular formula is C13H21N3O3. The van der Waals surface area contributed by atoms with Crippen LogP contribution < -0.4 is 0 Å². The second-order valence-electron chi connectivity index (χ2n) is 6.01. The van der Waals surface area contributed by atoms with Crippen molar-refractivity contribution in [2.45, 2.75) is 39.2 Å². The van der Waals surface area contributed by atoms with E-state index in [0.717, 1.165) is 13.0 Å². The van der Waals surface area contributed by atoms with Crippen LogP contribution in [-0.2, 0) is 21.5 Å². The Labute approximate surface area is 113 Å². The SMILES string of the molecule is COC(=O)C1CCN(Cc2noc(C(C)(C)C)n2)C1. The second-order valence-corrected chi connectivity index (χ2v) is 6.01. The van der Waals surface area contributed by atoms with E-state index in [1.165, 1.54) is 7.11 Å². The van der Waals surface area contributed by atoms with Gasteiger partial charge in [0.2, 0.25) is 5.89 Å². The molecule has 1 aromatic rings. The van der Waals surface area contributed by atoms with Gasteiger partial charge in [0.1, 0.15) is 0 Å². The van der Waals surface area contributed by atoms with E-state index in [-0.39, 0.29) is 17.3 Å². The molecule has 6 heteroatoms. The highest BCUT2D eigenvalue weighted by molar-refractivity contribution is 5.72. The molecule has 1 saturated heterocycles. The zero-order valence-corrected chi connectivity index (χ0v) is 12.0. The molecular weight excluding hydrogens is 246 g/mol. The minimum Gasteiger partial charge on any atom is -0.469 e. The van der Waals surface area contributed by atoms with Crippen molar-refractivity contribution >= 4 is 5.97 Å². The van der Waals surface area contributed by atoms with E-state index in [9.17, 15) is 4.79 Å². The maximum absolute atomic E-state index is 11.4. The van der Waals surface area contributed by atoms with E-state index < -0.39 is 0 Å². The third kappa shape index (κ3) is 3.32. The van der Waals surface area contributed by atoms with Gasteiger partial charge in [-0.3, -0.25) is 9.69 Å². The van der Waals surface area contributed by atoms with Gasteiger partial charge in [-0.05, 0) is 13.0 Å². The Hall–Kier alpha value is -1.43. The van der Waals surface area contributed by atoms with Crippen molar-refractivity contribution in [3.05, 3.63) is 11.7 Å². The van der Waals surface area contributed by atoms with Gasteiger partial charge in [-0.15, -0.1) is 0 Å². The molecule has 0 amide bonds. The number of aromatic nitrogens is 2. The largest absolute Gasteiger partial charge is 0.469 e. The van der Waals surface area contributed by atoms with Crippen molar-refractivity contribution < 1.29 is 14.1 Å². The summed E-state index contributed by atoms with van der Waals surface area (Å²) in [5.41, 5.74) is -0.134. The van der Waals surface area contributed by atoms with Gasteiger partial charge < -0.3 is 9.26 Å². The van der Waals surface area contributed by atoms with Crippen LogP contribution in [0.3, 0.4) is 0 Å². The summed E-state index contributed by atoms with van der Waals surface area (Å²) in [6.07, 6.45) is 0.830. The van der Waals surface area contributed by atoms with Gasteiger partial charge in [-0.1, -0.05) is 25.9 Å². The van der Waals surface area contributed by atoms with Crippen LogP contribution in [0.2, 0.25) is 0 Å². The lowest BCUT2D eigenvalue weighted by molar-refractivity contribution is -0.144. The average Bonchev–Trinajstić information content (AvgIpc) is 2.97. The molecule has 2 rings (SSSR count). The van der Waals surface area contributed by atoms with Crippen molar-refractivity contribution in [3.8, 4) is 0 Å². The van der Waals surface area contributed by atoms with Gasteiger partial charge in [-0.25, -0.2) is 0 Å². The molecule has 6 nitrogen and oxygen atoms in total. The van der Waals surface area contributed by atoms with Gasteiger partial charge in [0.25, 0.3) is 0 Å². The molecule has 1 unspecified atom stereocenters. The third-order valence-electron chi connectivity index (χ3n) is 3.28. The maximum atomic E-state index is 11.4. The van der Waals surface area contributed by atoms with E-state index >= 15 is 0 Å². The molecule has 0 saturated carbocycles. The average molecular weight is 267 g/mol. The molecule has 106 valence electrons. The first-order valence-corrected chi connectivity index (χ1v) is 6.53. The molecule has 1 fully saturated rings. The van der Waals surface area contributed by atoms with Crippen molar-refractivity contribution in [2.24, 2.45) is 5.92 Å². The lowest BCUT2D eigenvalue weighted by Crippen LogP contribution is -2.24. The molecule has 0 spiro atoms. The minimum absolute atomic E-state index is 0.0287. The van der Waals surface area contributed by atoms with Crippen LogP contribution in [0.1, 0.15) is 38.9 Å². The van der Waals surface area contributed by atoms with E-state index in [4.69, 9.17) is 9.26 Å². The van der Waals surface area contributed by atoms with Crippen LogP contribution in [0.4, 0.5) is 0 Å². The monoisotopic (exact) mass is 267 g/mol. The van der Waals surface area contributed by atoms with Crippen LogP contribution in [0.5, 0.6) is 0 Å². The van der Waals surface area contributed by atoms with Crippen molar-refractivity contribution in [1.29, 1.82) is 0 Å². The summed E-state index contributed by atoms with van der Waals surface area (Å²) in [4.78, 5) is 18.0. The molecule has 1 atom stereocenters. The van der Waals surface area contributed by atoms with E-state index in [1.54, 1.807) is 0 Å². The molecule has 0 bridgehead atoms. The van der Waals surface area contributed by atoms with Crippen LogP contribution >= 0.6 is 0 Å². The summed E-state index contributed by atoms with van der Waals surface area (Å²) >= 11 is 0. The molecule has 0 N–H and O–H groups in total. The van der Waals surface area contributed by atoms with Gasteiger partial charge in [0.05, 0.1) is 19.6 Å². The van der Waals surface area contributed by atoms with Gasteiger partial charge in [0, 0.05) is 12.0 Å². The molecule has 1 aromatic heterocycles. The van der Waals surface area contributed by atoms with Crippen LogP contribution in [0, 0.1) is 5.92 Å². The van der Waals surface area contributed by atoms with E-state index in [2.05, 4.69) is 15.0 Å². The van der Waals surface area contributed by atoms with Crippen molar-refractivity contribution in [1.82, 2.24) is 15.0 Å². The number of methoxy groups -OCH3 is 1. The van der Waals surface area contributed by atoms with Gasteiger partial charge in [-0.2, -0.15) is 4.98 Å². The molecule has 19 heavy (non-hydrogen) atoms. The minimum atomic E-state index is -0.134. The number of carbonyl (C=O) groups excluding carboxylic acids is 1. The fourth-order valence-electron chi connectivity index (χ4n) is 2.16. The lowest BCUT2D eigenvalue weighted by atomic mass is 9.97. The molecule has 0 radical (unpaired) electrons. The van der Waals surface area contributed by atoms with Gasteiger partial charge in [0.15, 0.2) is 5.82 Å². The zero-order chi connectivity index (χ0) is 14.0. The third-order valence-corrected chi connectivity index (χ3v) is 3.28. The highest BCUT2D eigenvalue weighted by Gasteiger charge is 2.30. The molecule has 1 aliphatic rings. The maximum Gasteiger partial charge on any atom is 0.310 e. The topological polar surface area (TPSA) is 68.5 Å². The number of esters is 1. The number of ether oxygens (including phenoxy) is 1. The van der Waals surface area contributed by atoms with Gasteiger partial charge >= 0.3 is 5.97 Å². The van der Waals surface area contributed by atoms with Crippen molar-refractivity contribution in [2.75, 3.05) is 20.2 Å². The molecule has 0 aromatic carbocycles. The van der Waals surface area contributed by atoms with Crippen LogP contribution in [0.25, 0.3) is 0 Å². The molecule has 1 aliphatic heterocycles. The Kier molecular flexibility index (Phi) is 3.89. The summed E-state index contributed by atoms with van der Waals surface area (Å²) in [6.45, 7) is 8.28. The second kappa shape index (κ2) is 5.28. The Morgan fingerprint density at radius 2 is 2.26 bits per heavy atom. The Bertz CT molecular complexity index is 450. The first kappa shape index (κ1) is 14.0. The fourth-order valence-corrected chi connectivity index (χ4v) is 2.16. The number of hydrogen-bond donors (Lipinski definition) is 0. The van der Waals surface area contributed by atoms with E-state index in [0.29, 0.717) is 24.8 Å². The Morgan fingerprint density at radius 1 is 1.53 bits per heavy atom. The number of rotatable bonds is 3. The Balaban J connectivity index is 1.92. The highest BCUT2D eigenvalue weighted by atomic mass is 16.5.